The van der Waals surface area contributed by atoms with E-state index < -0.39 is 23.7 Å². The van der Waals surface area contributed by atoms with E-state index in [1.807, 2.05) is 0 Å². The molecule has 2 rings (SSSR count). The van der Waals surface area contributed by atoms with E-state index in [1.54, 1.807) is 0 Å². The monoisotopic (exact) mass is 284 g/mol. The lowest BCUT2D eigenvalue weighted by Crippen LogP contribution is -2.17. The van der Waals surface area contributed by atoms with Crippen LogP contribution in [-0.4, -0.2) is 12.1 Å². The van der Waals surface area contributed by atoms with Crippen molar-refractivity contribution in [1.29, 1.82) is 0 Å². The minimum atomic E-state index is -4.78. The third kappa shape index (κ3) is 3.57. The molecule has 0 saturated heterocycles. The van der Waals surface area contributed by atoms with Gasteiger partial charge in [-0.15, -0.1) is 13.2 Å². The van der Waals surface area contributed by atoms with Crippen LogP contribution in [0.3, 0.4) is 0 Å². The summed E-state index contributed by atoms with van der Waals surface area (Å²) in [6.07, 6.45) is -4.78. The number of rotatable bonds is 3. The third-order valence-electron chi connectivity index (χ3n) is 2.44. The zero-order valence-corrected chi connectivity index (χ0v) is 9.95. The predicted molar refractivity (Wildman–Crippen MR) is 63.0 cm³/mol. The van der Waals surface area contributed by atoms with Crippen LogP contribution >= 0.6 is 0 Å². The van der Waals surface area contributed by atoms with Crippen LogP contribution in [0.2, 0.25) is 0 Å². The van der Waals surface area contributed by atoms with Crippen LogP contribution in [0.25, 0.3) is 0 Å². The van der Waals surface area contributed by atoms with E-state index in [0.717, 1.165) is 18.2 Å². The predicted octanol–water partition coefficient (Wildman–Crippen LogP) is 3.96. The Morgan fingerprint density at radius 1 is 0.950 bits per heavy atom. The summed E-state index contributed by atoms with van der Waals surface area (Å²) in [6, 6.07) is 9.48. The van der Waals surface area contributed by atoms with Gasteiger partial charge in [0.05, 0.1) is 0 Å². The highest BCUT2D eigenvalue weighted by molar-refractivity contribution is 6.09. The highest BCUT2D eigenvalue weighted by Crippen LogP contribution is 2.23. The van der Waals surface area contributed by atoms with Gasteiger partial charge in [-0.05, 0) is 36.4 Å². The Kier molecular flexibility index (Phi) is 3.74. The highest BCUT2D eigenvalue weighted by atomic mass is 19.4. The second-order valence-electron chi connectivity index (χ2n) is 3.91. The van der Waals surface area contributed by atoms with Crippen LogP contribution < -0.4 is 4.74 Å². The molecule has 0 aromatic heterocycles. The van der Waals surface area contributed by atoms with Gasteiger partial charge in [-0.1, -0.05) is 12.1 Å². The molecule has 0 spiro atoms. The standard InChI is InChI=1S/C14H8F4O2/c15-11-3-1-2-10(8-11)13(19)9-4-6-12(7-5-9)20-14(16,17)18/h1-8H. The van der Waals surface area contributed by atoms with Gasteiger partial charge in [-0.2, -0.15) is 0 Å². The normalized spacial score (nSPS) is 11.2. The Balaban J connectivity index is 2.20. The molecule has 104 valence electrons. The van der Waals surface area contributed by atoms with Gasteiger partial charge in [-0.3, -0.25) is 4.79 Å². The largest absolute Gasteiger partial charge is 0.573 e. The van der Waals surface area contributed by atoms with Crippen molar-refractivity contribution in [3.8, 4) is 5.75 Å². The molecule has 0 radical (unpaired) electrons. The van der Waals surface area contributed by atoms with Crippen molar-refractivity contribution < 1.29 is 27.1 Å². The number of carbonyl (C=O) groups excluding carboxylic acids is 1. The summed E-state index contributed by atoms with van der Waals surface area (Å²) in [5.41, 5.74) is 0.264. The minimum absolute atomic E-state index is 0.120. The quantitative estimate of drug-likeness (QED) is 0.630. The topological polar surface area (TPSA) is 26.3 Å². The lowest BCUT2D eigenvalue weighted by atomic mass is 10.0. The lowest BCUT2D eigenvalue weighted by Gasteiger charge is -2.09. The molecule has 0 N–H and O–H groups in total. The summed E-state index contributed by atoms with van der Waals surface area (Å²) in [6.45, 7) is 0. The van der Waals surface area contributed by atoms with Crippen LogP contribution in [0.4, 0.5) is 17.6 Å². The number of hydrogen-bond acceptors (Lipinski definition) is 2. The second-order valence-corrected chi connectivity index (χ2v) is 3.91. The van der Waals surface area contributed by atoms with E-state index in [9.17, 15) is 22.4 Å². The lowest BCUT2D eigenvalue weighted by molar-refractivity contribution is -0.274. The fourth-order valence-electron chi connectivity index (χ4n) is 1.60. The van der Waals surface area contributed by atoms with Crippen molar-refractivity contribution in [2.24, 2.45) is 0 Å². The summed E-state index contributed by atoms with van der Waals surface area (Å²) < 4.78 is 52.6. The Bertz CT molecular complexity index is 618. The second kappa shape index (κ2) is 5.32. The molecule has 2 aromatic carbocycles. The number of halogens is 4. The molecule has 0 aliphatic rings. The van der Waals surface area contributed by atoms with E-state index in [2.05, 4.69) is 4.74 Å². The van der Waals surface area contributed by atoms with Gasteiger partial charge in [0.15, 0.2) is 5.78 Å². The molecule has 0 aliphatic carbocycles. The molecule has 0 aliphatic heterocycles. The molecule has 2 nitrogen and oxygen atoms in total. The fraction of sp³-hybridized carbons (Fsp3) is 0.0714. The van der Waals surface area contributed by atoms with Crippen molar-refractivity contribution >= 4 is 5.78 Å². The van der Waals surface area contributed by atoms with E-state index >= 15 is 0 Å². The number of benzene rings is 2. The molecule has 0 heterocycles. The van der Waals surface area contributed by atoms with Gasteiger partial charge in [0, 0.05) is 11.1 Å². The van der Waals surface area contributed by atoms with E-state index in [1.165, 1.54) is 30.3 Å². The first kappa shape index (κ1) is 14.0. The third-order valence-corrected chi connectivity index (χ3v) is 2.44. The number of carbonyl (C=O) groups is 1. The molecule has 2 aromatic rings. The van der Waals surface area contributed by atoms with Crippen molar-refractivity contribution in [2.75, 3.05) is 0 Å². The Labute approximate surface area is 111 Å². The first-order valence-electron chi connectivity index (χ1n) is 5.51. The van der Waals surface area contributed by atoms with Crippen molar-refractivity contribution in [2.45, 2.75) is 6.36 Å². The van der Waals surface area contributed by atoms with E-state index in [-0.39, 0.29) is 11.1 Å². The summed E-state index contributed by atoms with van der Waals surface area (Å²) in [7, 11) is 0. The van der Waals surface area contributed by atoms with Crippen LogP contribution in [0.1, 0.15) is 15.9 Å². The maximum Gasteiger partial charge on any atom is 0.573 e. The summed E-state index contributed by atoms with van der Waals surface area (Å²) in [4.78, 5) is 12.0. The average molecular weight is 284 g/mol. The molecule has 6 heteroatoms. The minimum Gasteiger partial charge on any atom is -0.406 e. The van der Waals surface area contributed by atoms with Gasteiger partial charge >= 0.3 is 6.36 Å². The van der Waals surface area contributed by atoms with E-state index in [4.69, 9.17) is 0 Å². The van der Waals surface area contributed by atoms with Crippen LogP contribution in [0.15, 0.2) is 48.5 Å². The van der Waals surface area contributed by atoms with E-state index in [0.29, 0.717) is 0 Å². The number of hydrogen-bond donors (Lipinski definition) is 0. The van der Waals surface area contributed by atoms with Crippen LogP contribution in [-0.2, 0) is 0 Å². The van der Waals surface area contributed by atoms with Gasteiger partial charge in [0.2, 0.25) is 0 Å². The number of ether oxygens (including phenoxy) is 1. The first-order chi connectivity index (χ1) is 9.35. The Morgan fingerprint density at radius 2 is 1.60 bits per heavy atom. The molecule has 0 atom stereocenters. The fourth-order valence-corrected chi connectivity index (χ4v) is 1.60. The van der Waals surface area contributed by atoms with Crippen molar-refractivity contribution in [1.82, 2.24) is 0 Å². The summed E-state index contributed by atoms with van der Waals surface area (Å²) in [5.74, 6) is -1.47. The number of alkyl halides is 3. The summed E-state index contributed by atoms with van der Waals surface area (Å²) >= 11 is 0. The molecular formula is C14H8F4O2. The average Bonchev–Trinajstić information content (AvgIpc) is 2.37. The van der Waals surface area contributed by atoms with Gasteiger partial charge in [0.1, 0.15) is 11.6 Å². The molecule has 0 fully saturated rings. The smallest absolute Gasteiger partial charge is 0.406 e. The maximum absolute atomic E-state index is 13.0. The van der Waals surface area contributed by atoms with Gasteiger partial charge in [-0.25, -0.2) is 4.39 Å². The molecular weight excluding hydrogens is 276 g/mol. The summed E-state index contributed by atoms with van der Waals surface area (Å²) in [5, 5.41) is 0. The van der Waals surface area contributed by atoms with Crippen LogP contribution in [0, 0.1) is 5.82 Å². The van der Waals surface area contributed by atoms with Gasteiger partial charge in [0.25, 0.3) is 0 Å². The van der Waals surface area contributed by atoms with Crippen molar-refractivity contribution in [3.05, 3.63) is 65.5 Å². The molecule has 0 bridgehead atoms. The molecule has 20 heavy (non-hydrogen) atoms. The Hall–Kier alpha value is -2.37. The Morgan fingerprint density at radius 3 is 2.15 bits per heavy atom. The molecule has 0 amide bonds. The first-order valence-corrected chi connectivity index (χ1v) is 5.51. The van der Waals surface area contributed by atoms with Gasteiger partial charge < -0.3 is 4.74 Å². The SMILES string of the molecule is O=C(c1ccc(OC(F)(F)F)cc1)c1cccc(F)c1. The van der Waals surface area contributed by atoms with Crippen LogP contribution in [0.5, 0.6) is 5.75 Å². The zero-order chi connectivity index (χ0) is 14.8. The number of ketones is 1. The maximum atomic E-state index is 13.0. The highest BCUT2D eigenvalue weighted by Gasteiger charge is 2.31. The van der Waals surface area contributed by atoms with Crippen molar-refractivity contribution in [3.63, 3.8) is 0 Å². The zero-order valence-electron chi connectivity index (χ0n) is 9.95. The molecule has 0 unspecified atom stereocenters. The molecule has 0 saturated carbocycles.